The molecule has 11 heteroatoms. The van der Waals surface area contributed by atoms with Crippen molar-refractivity contribution in [1.29, 1.82) is 0 Å². The van der Waals surface area contributed by atoms with Gasteiger partial charge in [-0.15, -0.1) is 0 Å². The molecule has 1 aromatic carbocycles. The lowest BCUT2D eigenvalue weighted by Gasteiger charge is -2.21. The van der Waals surface area contributed by atoms with Crippen LogP contribution in [0.4, 0.5) is 5.95 Å². The number of nitrogens with zero attached hydrogens (tertiary/aromatic N) is 4. The molecule has 4 N–H and O–H groups in total. The summed E-state index contributed by atoms with van der Waals surface area (Å²) in [6.45, 7) is 3.83. The maximum absolute atomic E-state index is 10.6. The maximum Gasteiger partial charge on any atom is 0.245 e. The van der Waals surface area contributed by atoms with Gasteiger partial charge >= 0.3 is 0 Å². The Kier molecular flexibility index (Phi) is 6.77. The number of halogens is 1. The molecule has 32 heavy (non-hydrogen) atoms. The Morgan fingerprint density at radius 2 is 1.97 bits per heavy atom. The number of rotatable bonds is 8. The van der Waals surface area contributed by atoms with Gasteiger partial charge in [0.25, 0.3) is 0 Å². The summed E-state index contributed by atoms with van der Waals surface area (Å²) in [5.41, 5.74) is 1.67. The standard InChI is InChI=1S/C21H26ClN5O5/c1-11(7-8-28)25-21-26-15-18(27(21)20-17(30)16(29)12(2)32-20)23-10-24-19(15)31-9-13-3-5-14(22)6-4-13/h3-6,10-12,16-17,20,28-30H,7-9H2,1-2H3,(H,25,26)/t11?,12-,16-,17-,20-/m1/s1. The number of nitrogens with one attached hydrogen (secondary N) is 1. The van der Waals surface area contributed by atoms with Gasteiger partial charge in [0.05, 0.1) is 6.10 Å². The summed E-state index contributed by atoms with van der Waals surface area (Å²) in [7, 11) is 0. The van der Waals surface area contributed by atoms with Gasteiger partial charge in [0.1, 0.15) is 25.1 Å². The summed E-state index contributed by atoms with van der Waals surface area (Å²) >= 11 is 5.94. The van der Waals surface area contributed by atoms with Crippen molar-refractivity contribution in [3.05, 3.63) is 41.2 Å². The van der Waals surface area contributed by atoms with Crippen molar-refractivity contribution in [2.24, 2.45) is 0 Å². The largest absolute Gasteiger partial charge is 0.471 e. The summed E-state index contributed by atoms with van der Waals surface area (Å²) < 4.78 is 13.3. The number of hydrogen-bond acceptors (Lipinski definition) is 9. The van der Waals surface area contributed by atoms with E-state index in [2.05, 4.69) is 20.3 Å². The number of ether oxygens (including phenoxy) is 2. The Morgan fingerprint density at radius 3 is 2.62 bits per heavy atom. The van der Waals surface area contributed by atoms with Crippen molar-refractivity contribution < 1.29 is 24.8 Å². The number of aromatic nitrogens is 4. The first kappa shape index (κ1) is 22.7. The number of anilines is 1. The highest BCUT2D eigenvalue weighted by Gasteiger charge is 2.43. The molecule has 10 nitrogen and oxygen atoms in total. The third kappa shape index (κ3) is 4.50. The fraction of sp³-hybridized carbons (Fsp3) is 0.476. The molecule has 1 fully saturated rings. The Morgan fingerprint density at radius 1 is 1.22 bits per heavy atom. The molecule has 0 bridgehead atoms. The molecule has 1 aliphatic rings. The van der Waals surface area contributed by atoms with E-state index in [0.29, 0.717) is 28.6 Å². The average molecular weight is 464 g/mol. The molecule has 0 saturated carbocycles. The van der Waals surface area contributed by atoms with E-state index >= 15 is 0 Å². The van der Waals surface area contributed by atoms with Crippen LogP contribution in [0, 0.1) is 0 Å². The topological polar surface area (TPSA) is 135 Å². The number of hydrogen-bond donors (Lipinski definition) is 4. The van der Waals surface area contributed by atoms with Crippen molar-refractivity contribution in [2.75, 3.05) is 11.9 Å². The fourth-order valence-corrected chi connectivity index (χ4v) is 3.72. The molecule has 4 rings (SSSR count). The molecule has 5 atom stereocenters. The second-order valence-electron chi connectivity index (χ2n) is 7.84. The first-order chi connectivity index (χ1) is 15.4. The molecule has 1 aliphatic heterocycles. The third-order valence-electron chi connectivity index (χ3n) is 5.40. The van der Waals surface area contributed by atoms with Gasteiger partial charge in [-0.3, -0.25) is 4.57 Å². The minimum absolute atomic E-state index is 0.00194. The van der Waals surface area contributed by atoms with Crippen molar-refractivity contribution in [1.82, 2.24) is 19.5 Å². The van der Waals surface area contributed by atoms with E-state index in [1.54, 1.807) is 23.6 Å². The first-order valence-electron chi connectivity index (χ1n) is 10.4. The van der Waals surface area contributed by atoms with E-state index < -0.39 is 24.5 Å². The molecular weight excluding hydrogens is 438 g/mol. The highest BCUT2D eigenvalue weighted by molar-refractivity contribution is 6.30. The second-order valence-corrected chi connectivity index (χ2v) is 8.28. The van der Waals surface area contributed by atoms with Crippen molar-refractivity contribution in [2.45, 2.75) is 57.5 Å². The van der Waals surface area contributed by atoms with E-state index in [1.165, 1.54) is 6.33 Å². The summed E-state index contributed by atoms with van der Waals surface area (Å²) in [6.07, 6.45) is -1.88. The molecule has 3 aromatic rings. The molecule has 0 amide bonds. The van der Waals surface area contributed by atoms with Gasteiger partial charge in [0.15, 0.2) is 17.4 Å². The molecule has 0 spiro atoms. The van der Waals surface area contributed by atoms with E-state index in [1.807, 2.05) is 19.1 Å². The van der Waals surface area contributed by atoms with E-state index in [4.69, 9.17) is 21.1 Å². The van der Waals surface area contributed by atoms with Crippen LogP contribution in [0.5, 0.6) is 5.88 Å². The monoisotopic (exact) mass is 463 g/mol. The predicted octanol–water partition coefficient (Wildman–Crippen LogP) is 1.88. The van der Waals surface area contributed by atoms with Crippen LogP contribution in [0.2, 0.25) is 5.02 Å². The summed E-state index contributed by atoms with van der Waals surface area (Å²) in [6, 6.07) is 7.15. The maximum atomic E-state index is 10.6. The van der Waals surface area contributed by atoms with E-state index in [-0.39, 0.29) is 25.1 Å². The van der Waals surface area contributed by atoms with Gasteiger partial charge in [-0.2, -0.15) is 4.98 Å². The lowest BCUT2D eigenvalue weighted by Crippen LogP contribution is -2.31. The fourth-order valence-electron chi connectivity index (χ4n) is 3.60. The van der Waals surface area contributed by atoms with E-state index in [9.17, 15) is 15.3 Å². The van der Waals surface area contributed by atoms with Crippen molar-refractivity contribution >= 4 is 28.7 Å². The Labute approximate surface area is 189 Å². The number of benzene rings is 1. The van der Waals surface area contributed by atoms with Crippen LogP contribution in [-0.2, 0) is 11.3 Å². The number of aliphatic hydroxyl groups is 3. The summed E-state index contributed by atoms with van der Waals surface area (Å²) in [5.74, 6) is 0.630. The van der Waals surface area contributed by atoms with Crippen LogP contribution >= 0.6 is 11.6 Å². The summed E-state index contributed by atoms with van der Waals surface area (Å²) in [5, 5.41) is 33.9. The van der Waals surface area contributed by atoms with Crippen LogP contribution in [0.25, 0.3) is 11.2 Å². The zero-order valence-electron chi connectivity index (χ0n) is 17.7. The number of aliphatic hydroxyl groups excluding tert-OH is 3. The van der Waals surface area contributed by atoms with Gasteiger partial charge in [0, 0.05) is 17.7 Å². The van der Waals surface area contributed by atoms with Crippen LogP contribution in [0.15, 0.2) is 30.6 Å². The van der Waals surface area contributed by atoms with Gasteiger partial charge < -0.3 is 30.1 Å². The zero-order chi connectivity index (χ0) is 22.8. The van der Waals surface area contributed by atoms with Gasteiger partial charge in [-0.25, -0.2) is 9.97 Å². The Balaban J connectivity index is 1.71. The summed E-state index contributed by atoms with van der Waals surface area (Å²) in [4.78, 5) is 13.2. The number of fused-ring (bicyclic) bond motifs is 1. The molecule has 3 heterocycles. The smallest absolute Gasteiger partial charge is 0.245 e. The molecule has 2 aromatic heterocycles. The highest BCUT2D eigenvalue weighted by atomic mass is 35.5. The molecular formula is C21H26ClN5O5. The molecule has 0 radical (unpaired) electrons. The SMILES string of the molecule is CC(CCO)Nc1nc2c(OCc3ccc(Cl)cc3)ncnc2n1[C@@H]1O[C@H](C)[C@@H](O)[C@H]1O. The van der Waals surface area contributed by atoms with Crippen LogP contribution in [0.1, 0.15) is 32.1 Å². The van der Waals surface area contributed by atoms with Crippen LogP contribution < -0.4 is 10.1 Å². The minimum atomic E-state index is -1.18. The van der Waals surface area contributed by atoms with E-state index in [0.717, 1.165) is 5.56 Å². The lowest BCUT2D eigenvalue weighted by molar-refractivity contribution is -0.0287. The predicted molar refractivity (Wildman–Crippen MR) is 117 cm³/mol. The molecule has 1 saturated heterocycles. The Hall–Kier alpha value is -2.50. The minimum Gasteiger partial charge on any atom is -0.471 e. The first-order valence-corrected chi connectivity index (χ1v) is 10.8. The molecule has 1 unspecified atom stereocenters. The number of imidazole rings is 1. The second kappa shape index (κ2) is 9.55. The van der Waals surface area contributed by atoms with Gasteiger partial charge in [0.2, 0.25) is 11.8 Å². The van der Waals surface area contributed by atoms with Gasteiger partial charge in [-0.1, -0.05) is 23.7 Å². The van der Waals surface area contributed by atoms with Crippen LogP contribution in [-0.4, -0.2) is 65.8 Å². The average Bonchev–Trinajstić information content (AvgIpc) is 3.25. The van der Waals surface area contributed by atoms with Crippen molar-refractivity contribution in [3.63, 3.8) is 0 Å². The van der Waals surface area contributed by atoms with Crippen LogP contribution in [0.3, 0.4) is 0 Å². The normalized spacial score (nSPS) is 24.1. The molecule has 0 aliphatic carbocycles. The van der Waals surface area contributed by atoms with Gasteiger partial charge in [-0.05, 0) is 38.0 Å². The zero-order valence-corrected chi connectivity index (χ0v) is 18.5. The van der Waals surface area contributed by atoms with Crippen molar-refractivity contribution in [3.8, 4) is 5.88 Å². The highest BCUT2D eigenvalue weighted by Crippen LogP contribution is 2.36. The quantitative estimate of drug-likeness (QED) is 0.395. The third-order valence-corrected chi connectivity index (χ3v) is 5.65. The Bertz CT molecular complexity index is 1060. The lowest BCUT2D eigenvalue weighted by atomic mass is 10.1. The molecule has 172 valence electrons.